The third-order valence-electron chi connectivity index (χ3n) is 5.83. The number of carbonyl (C=O) groups is 2. The zero-order valence-corrected chi connectivity index (χ0v) is 16.4. The van der Waals surface area contributed by atoms with Gasteiger partial charge in [0.1, 0.15) is 0 Å². The maximum Gasteiger partial charge on any atom is 0.308 e. The molecule has 2 atom stereocenters. The largest absolute Gasteiger partial charge is 0.481 e. The first kappa shape index (κ1) is 19.8. The van der Waals surface area contributed by atoms with Crippen molar-refractivity contribution in [2.75, 3.05) is 45.8 Å². The standard InChI is InChI=1S/C21H31N3O3/c1-16-4-6-18(7-5-16)13-22-8-3-9-24(11-10-22)20(25)15-23-12-17(2)19(14-23)21(26)27/h4-7,17,19H,3,8-15H2,1-2H3,(H,26,27)/t17-,19-/m1/s1. The number of benzene rings is 1. The van der Waals surface area contributed by atoms with Crippen LogP contribution < -0.4 is 0 Å². The molecular formula is C21H31N3O3. The highest BCUT2D eigenvalue weighted by Crippen LogP contribution is 2.23. The van der Waals surface area contributed by atoms with Gasteiger partial charge in [0.25, 0.3) is 0 Å². The van der Waals surface area contributed by atoms with Gasteiger partial charge in [0, 0.05) is 45.8 Å². The number of nitrogens with zero attached hydrogens (tertiary/aromatic N) is 3. The molecule has 0 saturated carbocycles. The molecule has 27 heavy (non-hydrogen) atoms. The van der Waals surface area contributed by atoms with Gasteiger partial charge in [0.15, 0.2) is 0 Å². The number of carbonyl (C=O) groups excluding carboxylic acids is 1. The predicted octanol–water partition coefficient (Wildman–Crippen LogP) is 1.68. The van der Waals surface area contributed by atoms with Crippen molar-refractivity contribution in [3.05, 3.63) is 35.4 Å². The van der Waals surface area contributed by atoms with E-state index in [4.69, 9.17) is 0 Å². The van der Waals surface area contributed by atoms with E-state index in [1.807, 2.05) is 16.7 Å². The van der Waals surface area contributed by atoms with E-state index in [0.717, 1.165) is 39.1 Å². The minimum absolute atomic E-state index is 0.101. The van der Waals surface area contributed by atoms with Crippen molar-refractivity contribution in [3.8, 4) is 0 Å². The van der Waals surface area contributed by atoms with Crippen LogP contribution in [-0.2, 0) is 16.1 Å². The van der Waals surface area contributed by atoms with Crippen molar-refractivity contribution in [1.82, 2.24) is 14.7 Å². The van der Waals surface area contributed by atoms with Crippen LogP contribution in [0.1, 0.15) is 24.5 Å². The molecule has 1 amide bonds. The van der Waals surface area contributed by atoms with Gasteiger partial charge < -0.3 is 10.0 Å². The molecule has 0 radical (unpaired) electrons. The normalized spacial score (nSPS) is 24.7. The van der Waals surface area contributed by atoms with Crippen molar-refractivity contribution < 1.29 is 14.7 Å². The lowest BCUT2D eigenvalue weighted by atomic mass is 9.99. The Balaban J connectivity index is 1.48. The summed E-state index contributed by atoms with van der Waals surface area (Å²) >= 11 is 0. The van der Waals surface area contributed by atoms with E-state index >= 15 is 0 Å². The lowest BCUT2D eigenvalue weighted by Crippen LogP contribution is -2.41. The third kappa shape index (κ3) is 5.30. The predicted molar refractivity (Wildman–Crippen MR) is 104 cm³/mol. The highest BCUT2D eigenvalue weighted by Gasteiger charge is 2.35. The molecule has 2 fully saturated rings. The molecule has 0 aromatic heterocycles. The van der Waals surface area contributed by atoms with Crippen LogP contribution in [0, 0.1) is 18.8 Å². The second kappa shape index (κ2) is 8.85. The van der Waals surface area contributed by atoms with Crippen molar-refractivity contribution >= 4 is 11.9 Å². The first-order valence-electron chi connectivity index (χ1n) is 9.93. The molecule has 6 nitrogen and oxygen atoms in total. The monoisotopic (exact) mass is 373 g/mol. The van der Waals surface area contributed by atoms with Gasteiger partial charge in [-0.25, -0.2) is 0 Å². The summed E-state index contributed by atoms with van der Waals surface area (Å²) in [5, 5.41) is 9.26. The second-order valence-corrected chi connectivity index (χ2v) is 8.11. The zero-order chi connectivity index (χ0) is 19.4. The summed E-state index contributed by atoms with van der Waals surface area (Å²) in [7, 11) is 0. The third-order valence-corrected chi connectivity index (χ3v) is 5.83. The number of amides is 1. The molecule has 0 unspecified atom stereocenters. The minimum Gasteiger partial charge on any atom is -0.481 e. The number of likely N-dealkylation sites (tertiary alicyclic amines) is 1. The highest BCUT2D eigenvalue weighted by atomic mass is 16.4. The van der Waals surface area contributed by atoms with E-state index in [2.05, 4.69) is 36.1 Å². The number of aliphatic carboxylic acids is 1. The van der Waals surface area contributed by atoms with Crippen LogP contribution in [-0.4, -0.2) is 77.5 Å². The second-order valence-electron chi connectivity index (χ2n) is 8.11. The van der Waals surface area contributed by atoms with Gasteiger partial charge in [-0.1, -0.05) is 36.8 Å². The Bertz CT molecular complexity index is 661. The van der Waals surface area contributed by atoms with E-state index in [1.54, 1.807) is 0 Å². The van der Waals surface area contributed by atoms with Crippen molar-refractivity contribution in [2.45, 2.75) is 26.8 Å². The molecule has 1 N–H and O–H groups in total. The summed E-state index contributed by atoms with van der Waals surface area (Å²) < 4.78 is 0. The summed E-state index contributed by atoms with van der Waals surface area (Å²) in [6.45, 7) is 9.90. The number of carboxylic acid groups (broad SMARTS) is 1. The van der Waals surface area contributed by atoms with Crippen LogP contribution in [0.3, 0.4) is 0 Å². The summed E-state index contributed by atoms with van der Waals surface area (Å²) in [6, 6.07) is 8.64. The molecule has 2 heterocycles. The average Bonchev–Trinajstić information content (AvgIpc) is 2.84. The van der Waals surface area contributed by atoms with Gasteiger partial charge in [-0.2, -0.15) is 0 Å². The van der Waals surface area contributed by atoms with E-state index in [9.17, 15) is 14.7 Å². The Morgan fingerprint density at radius 2 is 1.78 bits per heavy atom. The lowest BCUT2D eigenvalue weighted by molar-refractivity contribution is -0.142. The fourth-order valence-electron chi connectivity index (χ4n) is 4.14. The number of carboxylic acids is 1. The van der Waals surface area contributed by atoms with Gasteiger partial charge in [-0.15, -0.1) is 0 Å². The molecule has 0 spiro atoms. The average molecular weight is 373 g/mol. The van der Waals surface area contributed by atoms with Gasteiger partial charge in [0.05, 0.1) is 12.5 Å². The molecule has 2 aliphatic rings. The maximum atomic E-state index is 12.7. The molecule has 0 aliphatic carbocycles. The fraction of sp³-hybridized carbons (Fsp3) is 0.619. The van der Waals surface area contributed by atoms with Crippen LogP contribution in [0.4, 0.5) is 0 Å². The van der Waals surface area contributed by atoms with Crippen molar-refractivity contribution in [3.63, 3.8) is 0 Å². The fourth-order valence-corrected chi connectivity index (χ4v) is 4.14. The molecule has 3 rings (SSSR count). The van der Waals surface area contributed by atoms with Crippen LogP contribution in [0.5, 0.6) is 0 Å². The molecular weight excluding hydrogens is 342 g/mol. The first-order chi connectivity index (χ1) is 12.9. The SMILES string of the molecule is Cc1ccc(CN2CCCN(C(=O)CN3C[C@@H](C)[C@H](C(=O)O)C3)CC2)cc1. The van der Waals surface area contributed by atoms with E-state index in [-0.39, 0.29) is 17.7 Å². The Hall–Kier alpha value is -1.92. The number of rotatable bonds is 5. The summed E-state index contributed by atoms with van der Waals surface area (Å²) in [6.07, 6.45) is 0.978. The van der Waals surface area contributed by atoms with Crippen molar-refractivity contribution in [2.24, 2.45) is 11.8 Å². The van der Waals surface area contributed by atoms with E-state index in [0.29, 0.717) is 19.6 Å². The summed E-state index contributed by atoms with van der Waals surface area (Å²) in [5.41, 5.74) is 2.58. The Kier molecular flexibility index (Phi) is 6.50. The maximum absolute atomic E-state index is 12.7. The Labute approximate surface area is 161 Å². The van der Waals surface area contributed by atoms with Crippen LogP contribution in [0.2, 0.25) is 0 Å². The molecule has 2 aliphatic heterocycles. The molecule has 1 aromatic carbocycles. The van der Waals surface area contributed by atoms with E-state index < -0.39 is 5.97 Å². The Morgan fingerprint density at radius 3 is 2.44 bits per heavy atom. The lowest BCUT2D eigenvalue weighted by Gasteiger charge is -2.24. The topological polar surface area (TPSA) is 64.1 Å². The van der Waals surface area contributed by atoms with Gasteiger partial charge in [-0.3, -0.25) is 19.4 Å². The van der Waals surface area contributed by atoms with Gasteiger partial charge in [0.2, 0.25) is 5.91 Å². The quantitative estimate of drug-likeness (QED) is 0.851. The van der Waals surface area contributed by atoms with E-state index in [1.165, 1.54) is 11.1 Å². The smallest absolute Gasteiger partial charge is 0.308 e. The first-order valence-corrected chi connectivity index (χ1v) is 9.93. The number of hydrogen-bond acceptors (Lipinski definition) is 4. The van der Waals surface area contributed by atoms with Crippen LogP contribution in [0.15, 0.2) is 24.3 Å². The van der Waals surface area contributed by atoms with Crippen molar-refractivity contribution in [1.29, 1.82) is 0 Å². The van der Waals surface area contributed by atoms with Gasteiger partial charge in [-0.05, 0) is 24.8 Å². The van der Waals surface area contributed by atoms with Crippen LogP contribution >= 0.6 is 0 Å². The Morgan fingerprint density at radius 1 is 1.04 bits per heavy atom. The summed E-state index contributed by atoms with van der Waals surface area (Å²) in [4.78, 5) is 30.3. The van der Waals surface area contributed by atoms with Gasteiger partial charge >= 0.3 is 5.97 Å². The minimum atomic E-state index is -0.751. The number of hydrogen-bond donors (Lipinski definition) is 1. The highest BCUT2D eigenvalue weighted by molar-refractivity contribution is 5.78. The number of aryl methyl sites for hydroxylation is 1. The molecule has 2 saturated heterocycles. The molecule has 148 valence electrons. The zero-order valence-electron chi connectivity index (χ0n) is 16.4. The van der Waals surface area contributed by atoms with Crippen LogP contribution in [0.25, 0.3) is 0 Å². The molecule has 1 aromatic rings. The molecule has 0 bridgehead atoms. The summed E-state index contributed by atoms with van der Waals surface area (Å²) in [5.74, 6) is -0.874. The molecule has 6 heteroatoms.